The Morgan fingerprint density at radius 3 is 2.59 bits per heavy atom. The third-order valence-corrected chi connectivity index (χ3v) is 3.79. The minimum Gasteiger partial charge on any atom is -0.344 e. The summed E-state index contributed by atoms with van der Waals surface area (Å²) >= 11 is 0. The molecular formula is C12H21N3O2. The van der Waals surface area contributed by atoms with Crippen molar-refractivity contribution in [2.75, 3.05) is 19.6 Å². The lowest BCUT2D eigenvalue weighted by molar-refractivity contribution is -0.135. The molecule has 0 aromatic carbocycles. The fourth-order valence-corrected chi connectivity index (χ4v) is 2.70. The highest BCUT2D eigenvalue weighted by molar-refractivity contribution is 5.90. The molecule has 2 saturated heterocycles. The van der Waals surface area contributed by atoms with E-state index in [0.717, 1.165) is 38.9 Å². The molecule has 1 unspecified atom stereocenters. The van der Waals surface area contributed by atoms with Gasteiger partial charge in [0, 0.05) is 19.5 Å². The summed E-state index contributed by atoms with van der Waals surface area (Å²) in [6.45, 7) is 2.36. The van der Waals surface area contributed by atoms with Gasteiger partial charge in [-0.3, -0.25) is 9.59 Å². The number of nitrogens with zero attached hydrogens (tertiary/aromatic N) is 1. The van der Waals surface area contributed by atoms with Crippen LogP contribution >= 0.6 is 0 Å². The monoisotopic (exact) mass is 239 g/mol. The Kier molecular flexibility index (Phi) is 3.99. The van der Waals surface area contributed by atoms with E-state index in [-0.39, 0.29) is 17.9 Å². The van der Waals surface area contributed by atoms with Crippen molar-refractivity contribution in [3.05, 3.63) is 0 Å². The van der Waals surface area contributed by atoms with Crippen LogP contribution in [0.5, 0.6) is 0 Å². The summed E-state index contributed by atoms with van der Waals surface area (Å²) in [6, 6.07) is -0.270. The molecular weight excluding hydrogens is 218 g/mol. The second-order valence-electron chi connectivity index (χ2n) is 5.00. The molecule has 0 aliphatic carbocycles. The molecule has 0 saturated carbocycles. The summed E-state index contributed by atoms with van der Waals surface area (Å²) in [6.07, 6.45) is 4.29. The van der Waals surface area contributed by atoms with E-state index < -0.39 is 0 Å². The maximum atomic E-state index is 12.1. The van der Waals surface area contributed by atoms with Gasteiger partial charge in [0.15, 0.2) is 0 Å². The first kappa shape index (κ1) is 12.4. The number of rotatable bonds is 3. The Morgan fingerprint density at radius 2 is 2.06 bits per heavy atom. The van der Waals surface area contributed by atoms with Gasteiger partial charge in [0.2, 0.25) is 11.8 Å². The van der Waals surface area contributed by atoms with Gasteiger partial charge < -0.3 is 16.0 Å². The molecule has 0 bridgehead atoms. The lowest BCUT2D eigenvalue weighted by atomic mass is 9.93. The van der Waals surface area contributed by atoms with E-state index in [1.54, 1.807) is 0 Å². The molecule has 0 aromatic rings. The number of nitrogens with one attached hydrogen (secondary N) is 1. The number of hydrogen-bond acceptors (Lipinski definition) is 3. The van der Waals surface area contributed by atoms with E-state index in [2.05, 4.69) is 5.32 Å². The Balaban J connectivity index is 1.80. The van der Waals surface area contributed by atoms with Crippen LogP contribution in [0.1, 0.15) is 32.1 Å². The van der Waals surface area contributed by atoms with Crippen molar-refractivity contribution in [3.8, 4) is 0 Å². The molecule has 2 fully saturated rings. The van der Waals surface area contributed by atoms with Gasteiger partial charge in [-0.25, -0.2) is 0 Å². The normalized spacial score (nSPS) is 26.1. The summed E-state index contributed by atoms with van der Waals surface area (Å²) in [5.74, 6) is 0.769. The molecule has 5 nitrogen and oxygen atoms in total. The number of likely N-dealkylation sites (tertiary alicyclic amines) is 1. The van der Waals surface area contributed by atoms with Gasteiger partial charge in [0.1, 0.15) is 6.04 Å². The number of piperidine rings is 1. The average molecular weight is 239 g/mol. The molecule has 0 radical (unpaired) electrons. The molecule has 0 spiro atoms. The highest BCUT2D eigenvalue weighted by Gasteiger charge is 2.32. The van der Waals surface area contributed by atoms with Crippen molar-refractivity contribution < 1.29 is 9.59 Å². The lowest BCUT2D eigenvalue weighted by Crippen LogP contribution is -2.47. The Labute approximate surface area is 102 Å². The van der Waals surface area contributed by atoms with Crippen molar-refractivity contribution in [2.45, 2.75) is 38.1 Å². The molecule has 5 heteroatoms. The van der Waals surface area contributed by atoms with Crippen molar-refractivity contribution in [3.63, 3.8) is 0 Å². The summed E-state index contributed by atoms with van der Waals surface area (Å²) in [5, 5.41) is 2.74. The molecule has 2 rings (SSSR count). The number of nitrogens with two attached hydrogens (primary N) is 1. The van der Waals surface area contributed by atoms with Gasteiger partial charge in [-0.05, 0) is 38.1 Å². The highest BCUT2D eigenvalue weighted by Crippen LogP contribution is 2.21. The van der Waals surface area contributed by atoms with E-state index in [0.29, 0.717) is 18.8 Å². The molecule has 0 aromatic heterocycles. The molecule has 2 aliphatic rings. The molecule has 2 heterocycles. The first-order valence-electron chi connectivity index (χ1n) is 6.49. The van der Waals surface area contributed by atoms with Crippen LogP contribution in [0, 0.1) is 5.92 Å². The van der Waals surface area contributed by atoms with Gasteiger partial charge in [-0.1, -0.05) is 0 Å². The zero-order valence-corrected chi connectivity index (χ0v) is 10.2. The molecule has 17 heavy (non-hydrogen) atoms. The van der Waals surface area contributed by atoms with Gasteiger partial charge in [0.25, 0.3) is 0 Å². The van der Waals surface area contributed by atoms with Crippen LogP contribution < -0.4 is 11.1 Å². The third-order valence-electron chi connectivity index (χ3n) is 3.79. The van der Waals surface area contributed by atoms with Crippen LogP contribution in [-0.4, -0.2) is 42.4 Å². The fourth-order valence-electron chi connectivity index (χ4n) is 2.70. The Hall–Kier alpha value is -1.10. The van der Waals surface area contributed by atoms with E-state index in [1.165, 1.54) is 0 Å². The molecule has 2 aliphatic heterocycles. The van der Waals surface area contributed by atoms with Crippen molar-refractivity contribution >= 4 is 11.8 Å². The standard InChI is InChI=1S/C12H21N3O2/c13-6-3-9-4-7-15(8-5-9)12(17)10-1-2-11(16)14-10/h9-10H,1-8,13H2,(H,14,16). The second-order valence-corrected chi connectivity index (χ2v) is 5.00. The van der Waals surface area contributed by atoms with Gasteiger partial charge in [-0.2, -0.15) is 0 Å². The number of carbonyl (C=O) groups is 2. The van der Waals surface area contributed by atoms with Crippen LogP contribution in [0.25, 0.3) is 0 Å². The molecule has 2 amide bonds. The summed E-state index contributed by atoms with van der Waals surface area (Å²) in [7, 11) is 0. The van der Waals surface area contributed by atoms with E-state index >= 15 is 0 Å². The predicted molar refractivity (Wildman–Crippen MR) is 64.1 cm³/mol. The zero-order chi connectivity index (χ0) is 12.3. The zero-order valence-electron chi connectivity index (χ0n) is 10.2. The Morgan fingerprint density at radius 1 is 1.35 bits per heavy atom. The quantitative estimate of drug-likeness (QED) is 0.719. The van der Waals surface area contributed by atoms with E-state index in [4.69, 9.17) is 5.73 Å². The molecule has 3 N–H and O–H groups in total. The summed E-state index contributed by atoms with van der Waals surface area (Å²) in [4.78, 5) is 25.1. The first-order valence-corrected chi connectivity index (χ1v) is 6.49. The predicted octanol–water partition coefficient (Wildman–Crippen LogP) is -0.148. The van der Waals surface area contributed by atoms with Gasteiger partial charge >= 0.3 is 0 Å². The van der Waals surface area contributed by atoms with Crippen molar-refractivity contribution in [1.82, 2.24) is 10.2 Å². The molecule has 1 atom stereocenters. The average Bonchev–Trinajstić information content (AvgIpc) is 2.76. The third kappa shape index (κ3) is 2.97. The minimum atomic E-state index is -0.270. The van der Waals surface area contributed by atoms with Crippen LogP contribution in [0.2, 0.25) is 0 Å². The van der Waals surface area contributed by atoms with Crippen LogP contribution in [0.3, 0.4) is 0 Å². The smallest absolute Gasteiger partial charge is 0.245 e. The number of amides is 2. The molecule has 96 valence electrons. The number of hydrogen-bond donors (Lipinski definition) is 2. The van der Waals surface area contributed by atoms with Crippen molar-refractivity contribution in [1.29, 1.82) is 0 Å². The first-order chi connectivity index (χ1) is 8.20. The van der Waals surface area contributed by atoms with Crippen molar-refractivity contribution in [2.24, 2.45) is 11.7 Å². The van der Waals surface area contributed by atoms with Crippen LogP contribution in [-0.2, 0) is 9.59 Å². The summed E-state index contributed by atoms with van der Waals surface area (Å²) < 4.78 is 0. The Bertz CT molecular complexity index is 298. The topological polar surface area (TPSA) is 75.4 Å². The van der Waals surface area contributed by atoms with E-state index in [1.807, 2.05) is 4.90 Å². The number of carbonyl (C=O) groups excluding carboxylic acids is 2. The SMILES string of the molecule is NCCC1CCN(C(=O)C2CCC(=O)N2)CC1. The fraction of sp³-hybridized carbons (Fsp3) is 0.833. The maximum Gasteiger partial charge on any atom is 0.245 e. The second kappa shape index (κ2) is 5.49. The minimum absolute atomic E-state index is 0.00127. The maximum absolute atomic E-state index is 12.1. The van der Waals surface area contributed by atoms with Crippen LogP contribution in [0.15, 0.2) is 0 Å². The highest BCUT2D eigenvalue weighted by atomic mass is 16.2. The van der Waals surface area contributed by atoms with E-state index in [9.17, 15) is 9.59 Å². The summed E-state index contributed by atoms with van der Waals surface area (Å²) in [5.41, 5.74) is 5.54. The van der Waals surface area contributed by atoms with Gasteiger partial charge in [-0.15, -0.1) is 0 Å². The largest absolute Gasteiger partial charge is 0.344 e. The van der Waals surface area contributed by atoms with Crippen LogP contribution in [0.4, 0.5) is 0 Å². The van der Waals surface area contributed by atoms with Gasteiger partial charge in [0.05, 0.1) is 0 Å². The lowest BCUT2D eigenvalue weighted by Gasteiger charge is -2.33.